The molecule has 4 nitrogen and oxygen atoms in total. The minimum atomic E-state index is -1.19. The van der Waals surface area contributed by atoms with Crippen LogP contribution in [0.15, 0.2) is 52.3 Å². The molecule has 0 atom stereocenters. The lowest BCUT2D eigenvalue weighted by Crippen LogP contribution is -2.47. The van der Waals surface area contributed by atoms with Crippen LogP contribution in [0.5, 0.6) is 0 Å². The van der Waals surface area contributed by atoms with Gasteiger partial charge in [0.25, 0.3) is 0 Å². The third-order valence-corrected chi connectivity index (χ3v) is 6.25. The zero-order chi connectivity index (χ0) is 21.2. The van der Waals surface area contributed by atoms with Crippen molar-refractivity contribution < 1.29 is 19.0 Å². The molecule has 2 aromatic rings. The van der Waals surface area contributed by atoms with Crippen molar-refractivity contribution in [3.8, 4) is 0 Å². The third-order valence-electron chi connectivity index (χ3n) is 5.00. The number of aryl methyl sites for hydroxylation is 1. The topological polar surface area (TPSA) is 49.8 Å². The lowest BCUT2D eigenvalue weighted by Gasteiger charge is -2.39. The second-order valence-corrected chi connectivity index (χ2v) is 9.59. The van der Waals surface area contributed by atoms with Crippen molar-refractivity contribution in [3.05, 3.63) is 59.4 Å². The average molecular weight is 418 g/mol. The first-order valence-corrected chi connectivity index (χ1v) is 10.6. The third kappa shape index (κ3) is 5.31. The van der Waals surface area contributed by atoms with Crippen molar-refractivity contribution in [2.75, 3.05) is 13.1 Å². The fourth-order valence-corrected chi connectivity index (χ4v) is 4.51. The van der Waals surface area contributed by atoms with E-state index in [1.54, 1.807) is 11.0 Å². The van der Waals surface area contributed by atoms with Crippen molar-refractivity contribution in [2.24, 2.45) is 0 Å². The van der Waals surface area contributed by atoms with Crippen molar-refractivity contribution in [1.82, 2.24) is 4.90 Å². The summed E-state index contributed by atoms with van der Waals surface area (Å²) in [5, 5.41) is 11.4. The Morgan fingerprint density at radius 3 is 2.41 bits per heavy atom. The number of aliphatic hydroxyl groups is 1. The Balaban J connectivity index is 1.81. The van der Waals surface area contributed by atoms with Gasteiger partial charge in [-0.15, -0.1) is 0 Å². The Morgan fingerprint density at radius 2 is 1.79 bits per heavy atom. The molecule has 0 radical (unpaired) electrons. The van der Waals surface area contributed by atoms with Gasteiger partial charge in [0.2, 0.25) is 0 Å². The number of halogens is 1. The van der Waals surface area contributed by atoms with Gasteiger partial charge >= 0.3 is 6.09 Å². The summed E-state index contributed by atoms with van der Waals surface area (Å²) < 4.78 is 19.5. The van der Waals surface area contributed by atoms with Gasteiger partial charge in [0.1, 0.15) is 11.4 Å². The van der Waals surface area contributed by atoms with Gasteiger partial charge in [0.15, 0.2) is 0 Å². The number of hydrogen-bond donors (Lipinski definition) is 1. The van der Waals surface area contributed by atoms with Crippen molar-refractivity contribution in [3.63, 3.8) is 0 Å². The van der Waals surface area contributed by atoms with Crippen LogP contribution in [-0.2, 0) is 10.3 Å². The van der Waals surface area contributed by atoms with Crippen molar-refractivity contribution >= 4 is 17.9 Å². The fraction of sp³-hybridized carbons (Fsp3) is 0.435. The highest BCUT2D eigenvalue weighted by Gasteiger charge is 2.38. The molecule has 156 valence electrons. The largest absolute Gasteiger partial charge is 0.444 e. The summed E-state index contributed by atoms with van der Waals surface area (Å²) in [7, 11) is 0. The van der Waals surface area contributed by atoms with E-state index in [0.717, 1.165) is 15.4 Å². The number of rotatable bonds is 3. The van der Waals surface area contributed by atoms with Gasteiger partial charge in [-0.3, -0.25) is 0 Å². The van der Waals surface area contributed by atoms with Crippen LogP contribution in [0.1, 0.15) is 44.7 Å². The summed E-state index contributed by atoms with van der Waals surface area (Å²) in [6, 6.07) is 12.5. The van der Waals surface area contributed by atoms with E-state index in [1.165, 1.54) is 23.9 Å². The number of carbonyl (C=O) groups excluding carboxylic acids is 1. The van der Waals surface area contributed by atoms with Crippen LogP contribution in [0.4, 0.5) is 9.18 Å². The fourth-order valence-electron chi connectivity index (χ4n) is 3.40. The van der Waals surface area contributed by atoms with E-state index >= 15 is 0 Å². The van der Waals surface area contributed by atoms with Gasteiger partial charge in [0.05, 0.1) is 5.60 Å². The maximum atomic E-state index is 14.1. The first-order chi connectivity index (χ1) is 13.6. The summed E-state index contributed by atoms with van der Waals surface area (Å²) in [4.78, 5) is 15.8. The molecule has 0 unspecified atom stereocenters. The molecular weight excluding hydrogens is 389 g/mol. The Labute approximate surface area is 176 Å². The van der Waals surface area contributed by atoms with Crippen molar-refractivity contribution in [2.45, 2.75) is 61.5 Å². The number of benzene rings is 2. The Morgan fingerprint density at radius 1 is 1.14 bits per heavy atom. The van der Waals surface area contributed by atoms with E-state index < -0.39 is 11.2 Å². The monoisotopic (exact) mass is 417 g/mol. The number of carbonyl (C=O) groups is 1. The van der Waals surface area contributed by atoms with Gasteiger partial charge < -0.3 is 14.7 Å². The van der Waals surface area contributed by atoms with Crippen LogP contribution in [0.25, 0.3) is 0 Å². The van der Waals surface area contributed by atoms with Gasteiger partial charge in [-0.05, 0) is 70.4 Å². The molecule has 1 aliphatic rings. The van der Waals surface area contributed by atoms with Crippen LogP contribution >= 0.6 is 11.8 Å². The maximum absolute atomic E-state index is 14.1. The van der Waals surface area contributed by atoms with Gasteiger partial charge in [-0.25, -0.2) is 9.18 Å². The van der Waals surface area contributed by atoms with E-state index in [-0.39, 0.29) is 11.9 Å². The van der Waals surface area contributed by atoms with Crippen LogP contribution in [-0.4, -0.2) is 34.8 Å². The molecule has 6 heteroatoms. The number of likely N-dealkylation sites (tertiary alicyclic amines) is 1. The van der Waals surface area contributed by atoms with Crippen molar-refractivity contribution in [1.29, 1.82) is 0 Å². The zero-order valence-corrected chi connectivity index (χ0v) is 18.2. The van der Waals surface area contributed by atoms with E-state index in [0.29, 0.717) is 31.5 Å². The summed E-state index contributed by atoms with van der Waals surface area (Å²) in [6.45, 7) is 8.22. The number of nitrogens with zero attached hydrogens (tertiary/aromatic N) is 1. The van der Waals surface area contributed by atoms with Crippen LogP contribution in [0, 0.1) is 12.7 Å². The lowest BCUT2D eigenvalue weighted by atomic mass is 9.84. The SMILES string of the molecule is Cc1ccccc1Sc1ccc(F)cc1C1(O)CCN(C(=O)OC(C)(C)C)CC1. The Kier molecular flexibility index (Phi) is 6.24. The molecule has 1 aliphatic heterocycles. The molecule has 1 heterocycles. The van der Waals surface area contributed by atoms with E-state index in [1.807, 2.05) is 52.0 Å². The maximum Gasteiger partial charge on any atom is 0.410 e. The quantitative estimate of drug-likeness (QED) is 0.716. The predicted molar refractivity (Wildman–Crippen MR) is 113 cm³/mol. The Bertz CT molecular complexity index is 886. The molecule has 1 fully saturated rings. The highest BCUT2D eigenvalue weighted by molar-refractivity contribution is 7.99. The second-order valence-electron chi connectivity index (χ2n) is 8.51. The summed E-state index contributed by atoms with van der Waals surface area (Å²) >= 11 is 1.52. The summed E-state index contributed by atoms with van der Waals surface area (Å²) in [5.74, 6) is -0.378. The predicted octanol–water partition coefficient (Wildman–Crippen LogP) is 5.50. The minimum absolute atomic E-state index is 0.330. The van der Waals surface area contributed by atoms with Gasteiger partial charge in [-0.1, -0.05) is 30.0 Å². The molecule has 1 amide bonds. The van der Waals surface area contributed by atoms with Crippen LogP contribution in [0.3, 0.4) is 0 Å². The molecule has 2 aromatic carbocycles. The number of piperidine rings is 1. The average Bonchev–Trinajstić information content (AvgIpc) is 2.64. The van der Waals surface area contributed by atoms with Crippen LogP contribution in [0.2, 0.25) is 0 Å². The lowest BCUT2D eigenvalue weighted by molar-refractivity contribution is -0.0373. The number of hydrogen-bond acceptors (Lipinski definition) is 4. The molecule has 0 aliphatic carbocycles. The molecule has 0 saturated carbocycles. The van der Waals surface area contributed by atoms with E-state index in [2.05, 4.69) is 0 Å². The molecule has 3 rings (SSSR count). The zero-order valence-electron chi connectivity index (χ0n) is 17.4. The second kappa shape index (κ2) is 8.36. The highest BCUT2D eigenvalue weighted by atomic mass is 32.2. The first-order valence-electron chi connectivity index (χ1n) is 9.81. The Hall–Kier alpha value is -2.05. The van der Waals surface area contributed by atoms with Gasteiger partial charge in [0, 0.05) is 28.4 Å². The first kappa shape index (κ1) is 21.7. The molecule has 1 N–H and O–H groups in total. The van der Waals surface area contributed by atoms with Crippen LogP contribution < -0.4 is 0 Å². The minimum Gasteiger partial charge on any atom is -0.444 e. The molecular formula is C23H28FNO3S. The standard InChI is InChI=1S/C23H28FNO3S/c1-16-7-5-6-8-19(16)29-20-10-9-17(24)15-18(20)23(27)11-13-25(14-12-23)21(26)28-22(2,3)4/h5-10,15,27H,11-14H2,1-4H3. The number of amides is 1. The van der Waals surface area contributed by atoms with E-state index in [4.69, 9.17) is 4.74 Å². The molecule has 29 heavy (non-hydrogen) atoms. The molecule has 0 bridgehead atoms. The van der Waals surface area contributed by atoms with Gasteiger partial charge in [-0.2, -0.15) is 0 Å². The van der Waals surface area contributed by atoms with E-state index in [9.17, 15) is 14.3 Å². The number of ether oxygens (including phenoxy) is 1. The molecule has 0 spiro atoms. The smallest absolute Gasteiger partial charge is 0.410 e. The normalized spacial score (nSPS) is 16.6. The summed E-state index contributed by atoms with van der Waals surface area (Å²) in [5.41, 5.74) is -0.0507. The highest BCUT2D eigenvalue weighted by Crippen LogP contribution is 2.41. The summed E-state index contributed by atoms with van der Waals surface area (Å²) in [6.07, 6.45) is 0.280. The molecule has 0 aromatic heterocycles. The molecule has 1 saturated heterocycles.